The van der Waals surface area contributed by atoms with E-state index in [1.54, 1.807) is 0 Å². The highest BCUT2D eigenvalue weighted by atomic mass is 16.5. The SMILES string of the molecule is Cc1nc(C2(C)CCCO2)ncc1C(C)N. The van der Waals surface area contributed by atoms with E-state index in [2.05, 4.69) is 16.9 Å². The molecular formula is C12H19N3O. The van der Waals surface area contributed by atoms with E-state index in [-0.39, 0.29) is 11.6 Å². The monoisotopic (exact) mass is 221 g/mol. The van der Waals surface area contributed by atoms with Crippen LogP contribution in [0, 0.1) is 6.92 Å². The molecular weight excluding hydrogens is 202 g/mol. The summed E-state index contributed by atoms with van der Waals surface area (Å²) in [7, 11) is 0. The molecule has 0 radical (unpaired) electrons. The molecule has 1 aromatic rings. The van der Waals surface area contributed by atoms with Gasteiger partial charge in [-0.3, -0.25) is 0 Å². The highest BCUT2D eigenvalue weighted by Crippen LogP contribution is 2.33. The normalized spacial score (nSPS) is 27.0. The average molecular weight is 221 g/mol. The molecule has 16 heavy (non-hydrogen) atoms. The lowest BCUT2D eigenvalue weighted by atomic mass is 10.0. The minimum atomic E-state index is -0.304. The van der Waals surface area contributed by atoms with E-state index in [1.807, 2.05) is 20.0 Å². The maximum atomic E-state index is 5.84. The highest BCUT2D eigenvalue weighted by Gasteiger charge is 2.34. The Morgan fingerprint density at radius 3 is 2.81 bits per heavy atom. The van der Waals surface area contributed by atoms with E-state index in [4.69, 9.17) is 10.5 Å². The van der Waals surface area contributed by atoms with Crippen LogP contribution in [0.1, 0.15) is 49.8 Å². The average Bonchev–Trinajstić information content (AvgIpc) is 2.66. The summed E-state index contributed by atoms with van der Waals surface area (Å²) in [5.74, 6) is 0.784. The van der Waals surface area contributed by atoms with Gasteiger partial charge in [0.25, 0.3) is 0 Å². The first kappa shape index (κ1) is 11.5. The van der Waals surface area contributed by atoms with Gasteiger partial charge in [-0.05, 0) is 33.6 Å². The fraction of sp³-hybridized carbons (Fsp3) is 0.667. The number of nitrogens with two attached hydrogens (primary N) is 1. The lowest BCUT2D eigenvalue weighted by molar-refractivity contribution is 0.00913. The van der Waals surface area contributed by atoms with Gasteiger partial charge in [0.2, 0.25) is 0 Å². The van der Waals surface area contributed by atoms with E-state index >= 15 is 0 Å². The zero-order valence-electron chi connectivity index (χ0n) is 10.2. The summed E-state index contributed by atoms with van der Waals surface area (Å²) in [4.78, 5) is 8.93. The van der Waals surface area contributed by atoms with Gasteiger partial charge in [-0.25, -0.2) is 9.97 Å². The molecule has 2 atom stereocenters. The number of ether oxygens (including phenoxy) is 1. The summed E-state index contributed by atoms with van der Waals surface area (Å²) in [6.45, 7) is 6.77. The highest BCUT2D eigenvalue weighted by molar-refractivity contribution is 5.21. The van der Waals surface area contributed by atoms with Crippen LogP contribution in [-0.2, 0) is 10.3 Å². The van der Waals surface area contributed by atoms with Crippen molar-refractivity contribution in [2.24, 2.45) is 5.73 Å². The third-order valence-electron chi connectivity index (χ3n) is 3.20. The molecule has 0 spiro atoms. The predicted octanol–water partition coefficient (Wildman–Crippen LogP) is 1.83. The smallest absolute Gasteiger partial charge is 0.160 e. The van der Waals surface area contributed by atoms with Crippen molar-refractivity contribution in [3.05, 3.63) is 23.3 Å². The summed E-state index contributed by atoms with van der Waals surface area (Å²) in [6.07, 6.45) is 3.90. The molecule has 1 aliphatic heterocycles. The zero-order chi connectivity index (χ0) is 11.8. The molecule has 4 heteroatoms. The molecule has 2 heterocycles. The second kappa shape index (κ2) is 4.11. The Morgan fingerprint density at radius 2 is 2.31 bits per heavy atom. The molecule has 2 rings (SSSR count). The largest absolute Gasteiger partial charge is 0.367 e. The van der Waals surface area contributed by atoms with Crippen LogP contribution in [0.3, 0.4) is 0 Å². The van der Waals surface area contributed by atoms with Crippen molar-refractivity contribution in [2.75, 3.05) is 6.61 Å². The van der Waals surface area contributed by atoms with Gasteiger partial charge in [-0.15, -0.1) is 0 Å². The van der Waals surface area contributed by atoms with Crippen LogP contribution < -0.4 is 5.73 Å². The van der Waals surface area contributed by atoms with Crippen molar-refractivity contribution in [2.45, 2.75) is 45.3 Å². The maximum absolute atomic E-state index is 5.84. The van der Waals surface area contributed by atoms with Gasteiger partial charge in [0, 0.05) is 30.1 Å². The summed E-state index contributed by atoms with van der Waals surface area (Å²) in [5.41, 5.74) is 7.50. The topological polar surface area (TPSA) is 61.0 Å². The van der Waals surface area contributed by atoms with Gasteiger partial charge in [-0.2, -0.15) is 0 Å². The zero-order valence-corrected chi connectivity index (χ0v) is 10.2. The summed E-state index contributed by atoms with van der Waals surface area (Å²) < 4.78 is 5.73. The second-order valence-corrected chi connectivity index (χ2v) is 4.71. The van der Waals surface area contributed by atoms with Crippen molar-refractivity contribution in [1.82, 2.24) is 9.97 Å². The van der Waals surface area contributed by atoms with E-state index in [0.29, 0.717) is 0 Å². The first-order valence-corrected chi connectivity index (χ1v) is 5.76. The van der Waals surface area contributed by atoms with E-state index in [9.17, 15) is 0 Å². The minimum Gasteiger partial charge on any atom is -0.367 e. The number of hydrogen-bond donors (Lipinski definition) is 1. The van der Waals surface area contributed by atoms with Crippen LogP contribution in [-0.4, -0.2) is 16.6 Å². The van der Waals surface area contributed by atoms with Crippen LogP contribution in [0.2, 0.25) is 0 Å². The Kier molecular flexibility index (Phi) is 2.95. The van der Waals surface area contributed by atoms with Crippen molar-refractivity contribution in [3.8, 4) is 0 Å². The van der Waals surface area contributed by atoms with Crippen LogP contribution in [0.4, 0.5) is 0 Å². The van der Waals surface area contributed by atoms with Gasteiger partial charge < -0.3 is 10.5 Å². The standard InChI is InChI=1S/C12H19N3O/c1-8(13)10-7-14-11(15-9(10)2)12(3)5-4-6-16-12/h7-8H,4-6,13H2,1-3H3. The molecule has 2 unspecified atom stereocenters. The second-order valence-electron chi connectivity index (χ2n) is 4.71. The number of aromatic nitrogens is 2. The lowest BCUT2D eigenvalue weighted by Gasteiger charge is -2.22. The van der Waals surface area contributed by atoms with Crippen LogP contribution in [0.25, 0.3) is 0 Å². The first-order valence-electron chi connectivity index (χ1n) is 5.76. The molecule has 0 saturated carbocycles. The summed E-state index contributed by atoms with van der Waals surface area (Å²) in [5, 5.41) is 0. The molecule has 88 valence electrons. The molecule has 0 bridgehead atoms. The first-order chi connectivity index (χ1) is 7.53. The Morgan fingerprint density at radius 1 is 1.56 bits per heavy atom. The van der Waals surface area contributed by atoms with E-state index in [1.165, 1.54) is 0 Å². The fourth-order valence-electron chi connectivity index (χ4n) is 2.13. The van der Waals surface area contributed by atoms with Gasteiger partial charge in [-0.1, -0.05) is 0 Å². The number of hydrogen-bond acceptors (Lipinski definition) is 4. The summed E-state index contributed by atoms with van der Waals surface area (Å²) in [6, 6.07) is -0.0219. The van der Waals surface area contributed by atoms with Crippen LogP contribution in [0.5, 0.6) is 0 Å². The maximum Gasteiger partial charge on any atom is 0.160 e. The Hall–Kier alpha value is -1.00. The Labute approximate surface area is 96.2 Å². The van der Waals surface area contributed by atoms with Crippen LogP contribution in [0.15, 0.2) is 6.20 Å². The number of rotatable bonds is 2. The van der Waals surface area contributed by atoms with Crippen molar-refractivity contribution in [3.63, 3.8) is 0 Å². The molecule has 2 N–H and O–H groups in total. The minimum absolute atomic E-state index is 0.0219. The van der Waals surface area contributed by atoms with E-state index < -0.39 is 0 Å². The van der Waals surface area contributed by atoms with Crippen molar-refractivity contribution < 1.29 is 4.74 Å². The molecule has 4 nitrogen and oxygen atoms in total. The van der Waals surface area contributed by atoms with Crippen LogP contribution >= 0.6 is 0 Å². The number of aryl methyl sites for hydroxylation is 1. The van der Waals surface area contributed by atoms with E-state index in [0.717, 1.165) is 36.5 Å². The molecule has 0 aliphatic carbocycles. The van der Waals surface area contributed by atoms with Gasteiger partial charge in [0.05, 0.1) is 0 Å². The van der Waals surface area contributed by atoms with Crippen molar-refractivity contribution in [1.29, 1.82) is 0 Å². The molecule has 1 aliphatic rings. The number of nitrogens with zero attached hydrogens (tertiary/aromatic N) is 2. The lowest BCUT2D eigenvalue weighted by Crippen LogP contribution is -2.24. The molecule has 0 aromatic carbocycles. The third kappa shape index (κ3) is 1.95. The molecule has 1 saturated heterocycles. The molecule has 0 amide bonds. The third-order valence-corrected chi connectivity index (χ3v) is 3.20. The summed E-state index contributed by atoms with van der Waals surface area (Å²) >= 11 is 0. The molecule has 1 aromatic heterocycles. The Bertz CT molecular complexity index is 384. The van der Waals surface area contributed by atoms with Crippen molar-refractivity contribution >= 4 is 0 Å². The van der Waals surface area contributed by atoms with Gasteiger partial charge in [0.15, 0.2) is 5.82 Å². The Balaban J connectivity index is 2.34. The predicted molar refractivity (Wildman–Crippen MR) is 61.9 cm³/mol. The van der Waals surface area contributed by atoms with Gasteiger partial charge >= 0.3 is 0 Å². The quantitative estimate of drug-likeness (QED) is 0.827. The molecule has 1 fully saturated rings. The fourth-order valence-corrected chi connectivity index (χ4v) is 2.13. The van der Waals surface area contributed by atoms with Gasteiger partial charge in [0.1, 0.15) is 5.60 Å².